The molecule has 2 aromatic heterocycles. The molecule has 0 unspecified atom stereocenters. The number of hydrogen-bond donors (Lipinski definition) is 3. The molecule has 1 aliphatic heterocycles. The summed E-state index contributed by atoms with van der Waals surface area (Å²) >= 11 is 1.23. The summed E-state index contributed by atoms with van der Waals surface area (Å²) in [5.74, 6) is -0.933. The Kier molecular flexibility index (Phi) is 8.75. The van der Waals surface area contributed by atoms with Gasteiger partial charge >= 0.3 is 0 Å². The minimum absolute atomic E-state index is 0.00265. The summed E-state index contributed by atoms with van der Waals surface area (Å²) in [6.07, 6.45) is 9.63. The first-order valence-corrected chi connectivity index (χ1v) is 12.6. The Morgan fingerprint density at radius 3 is 2.64 bits per heavy atom. The lowest BCUT2D eigenvalue weighted by molar-refractivity contribution is -0.118. The van der Waals surface area contributed by atoms with Crippen molar-refractivity contribution < 1.29 is 14.0 Å². The molecule has 0 saturated carbocycles. The molecule has 0 aliphatic carbocycles. The monoisotopic (exact) mass is 512 g/mol. The van der Waals surface area contributed by atoms with Crippen LogP contribution in [0.4, 0.5) is 15.8 Å². The maximum atomic E-state index is 13.4. The lowest BCUT2D eigenvalue weighted by Gasteiger charge is -2.30. The van der Waals surface area contributed by atoms with Crippen LogP contribution in [0.5, 0.6) is 0 Å². The highest BCUT2D eigenvalue weighted by Crippen LogP contribution is 2.30. The van der Waals surface area contributed by atoms with Crippen LogP contribution in [0.3, 0.4) is 0 Å². The van der Waals surface area contributed by atoms with Crippen molar-refractivity contribution in [3.63, 3.8) is 0 Å². The van der Waals surface area contributed by atoms with Crippen molar-refractivity contribution in [3.05, 3.63) is 58.2 Å². The number of thiazole rings is 1. The molecule has 36 heavy (non-hydrogen) atoms. The van der Waals surface area contributed by atoms with E-state index >= 15 is 0 Å². The zero-order valence-corrected chi connectivity index (χ0v) is 22.1. The van der Waals surface area contributed by atoms with Crippen LogP contribution in [0.2, 0.25) is 0 Å². The molecule has 0 atom stereocenters. The van der Waals surface area contributed by atoms with Crippen LogP contribution in [-0.2, 0) is 9.59 Å². The molecule has 0 radical (unpaired) electrons. The summed E-state index contributed by atoms with van der Waals surface area (Å²) in [7, 11) is 0. The van der Waals surface area contributed by atoms with Crippen LogP contribution >= 0.6 is 11.3 Å². The molecule has 0 aromatic carbocycles. The number of aryl methyl sites for hydroxylation is 1. The summed E-state index contributed by atoms with van der Waals surface area (Å²) < 4.78 is 13.4. The number of nitrogens with zero attached hydrogens (tertiary/aromatic N) is 3. The van der Waals surface area contributed by atoms with Crippen molar-refractivity contribution in [3.8, 4) is 0 Å². The maximum absolute atomic E-state index is 13.4. The van der Waals surface area contributed by atoms with E-state index in [4.69, 9.17) is 5.73 Å². The Bertz CT molecular complexity index is 1230. The molecule has 1 saturated heterocycles. The third-order valence-corrected chi connectivity index (χ3v) is 7.20. The topological polar surface area (TPSA) is 113 Å². The second kappa shape index (κ2) is 11.6. The molecule has 0 bridgehead atoms. The molecular weight excluding hydrogens is 479 g/mol. The number of carbonyl (C=O) groups is 2. The van der Waals surface area contributed by atoms with Gasteiger partial charge in [-0.05, 0) is 71.7 Å². The number of halogens is 1. The van der Waals surface area contributed by atoms with Gasteiger partial charge in [-0.2, -0.15) is 0 Å². The molecule has 8 nitrogen and oxygen atoms in total. The smallest absolute Gasteiger partial charge is 0.260 e. The van der Waals surface area contributed by atoms with E-state index in [2.05, 4.69) is 39.3 Å². The Labute approximate surface area is 215 Å². The largest absolute Gasteiger partial charge is 0.404 e. The number of allylic oxidation sites excluding steroid dienone is 4. The van der Waals surface area contributed by atoms with Gasteiger partial charge in [0.25, 0.3) is 5.91 Å². The lowest BCUT2D eigenvalue weighted by atomic mass is 10.0. The quantitative estimate of drug-likeness (QED) is 0.343. The first-order chi connectivity index (χ1) is 17.0. The molecular formula is C26H33FN6O2S. The highest BCUT2D eigenvalue weighted by Gasteiger charge is 2.32. The van der Waals surface area contributed by atoms with Gasteiger partial charge in [0, 0.05) is 17.9 Å². The minimum atomic E-state index is -0.468. The number of carbonyl (C=O) groups excluding carboxylic acids is 2. The van der Waals surface area contributed by atoms with Crippen molar-refractivity contribution in [2.24, 2.45) is 5.73 Å². The third kappa shape index (κ3) is 6.64. The number of aromatic nitrogens is 2. The Hall–Kier alpha value is -3.37. The summed E-state index contributed by atoms with van der Waals surface area (Å²) in [4.78, 5) is 37.2. The predicted octanol–water partition coefficient (Wildman–Crippen LogP) is 4.87. The van der Waals surface area contributed by atoms with Gasteiger partial charge < -0.3 is 16.4 Å². The lowest BCUT2D eigenvalue weighted by Crippen LogP contribution is -2.42. The standard InChI is InChI=1S/C26H33FN6O2S/c1-6-18(10-16(2)27)22-14-30-25(36-22)20(12-28)24(35)32-21-11-19(13-29-17(21)3)31-23(34)15-33-9-7-8-26(33,4)5/h6,10-14H,7-9,15,28H2,1-5H3,(H,31,34)(H,32,35)/b16-10+,18-6+,20-12-. The second-order valence-corrected chi connectivity index (χ2v) is 10.3. The number of rotatable bonds is 8. The van der Waals surface area contributed by atoms with E-state index in [0.29, 0.717) is 39.1 Å². The van der Waals surface area contributed by atoms with Crippen LogP contribution in [0, 0.1) is 6.92 Å². The van der Waals surface area contributed by atoms with Crippen LogP contribution in [0.1, 0.15) is 56.1 Å². The molecule has 0 spiro atoms. The van der Waals surface area contributed by atoms with E-state index in [9.17, 15) is 14.0 Å². The third-order valence-electron chi connectivity index (χ3n) is 6.12. The molecule has 2 amide bonds. The van der Waals surface area contributed by atoms with Crippen molar-refractivity contribution in [1.82, 2.24) is 14.9 Å². The maximum Gasteiger partial charge on any atom is 0.260 e. The fourth-order valence-electron chi connectivity index (χ4n) is 4.04. The fraction of sp³-hybridized carbons (Fsp3) is 0.385. The Balaban J connectivity index is 1.72. The Morgan fingerprint density at radius 2 is 2.03 bits per heavy atom. The van der Waals surface area contributed by atoms with E-state index in [1.54, 1.807) is 38.4 Å². The molecule has 1 fully saturated rings. The number of nitrogens with one attached hydrogen (secondary N) is 2. The number of amides is 2. The first kappa shape index (κ1) is 27.2. The van der Waals surface area contributed by atoms with Crippen LogP contribution in [-0.4, -0.2) is 45.3 Å². The second-order valence-electron chi connectivity index (χ2n) is 9.28. The number of hydrogen-bond acceptors (Lipinski definition) is 7. The van der Waals surface area contributed by atoms with E-state index in [0.717, 1.165) is 19.4 Å². The van der Waals surface area contributed by atoms with Gasteiger partial charge in [0.2, 0.25) is 5.91 Å². The van der Waals surface area contributed by atoms with E-state index < -0.39 is 5.91 Å². The predicted molar refractivity (Wildman–Crippen MR) is 144 cm³/mol. The van der Waals surface area contributed by atoms with Crippen molar-refractivity contribution in [1.29, 1.82) is 0 Å². The van der Waals surface area contributed by atoms with Gasteiger partial charge in [0.15, 0.2) is 0 Å². The van der Waals surface area contributed by atoms with Crippen LogP contribution in [0.15, 0.2) is 42.6 Å². The van der Waals surface area contributed by atoms with Gasteiger partial charge in [-0.25, -0.2) is 9.37 Å². The van der Waals surface area contributed by atoms with Gasteiger partial charge in [-0.3, -0.25) is 19.5 Å². The average Bonchev–Trinajstić information content (AvgIpc) is 3.41. The molecule has 192 valence electrons. The summed E-state index contributed by atoms with van der Waals surface area (Å²) in [5, 5.41) is 6.09. The van der Waals surface area contributed by atoms with Crippen molar-refractivity contribution >= 4 is 45.7 Å². The van der Waals surface area contributed by atoms with Crippen molar-refractivity contribution in [2.75, 3.05) is 23.7 Å². The summed E-state index contributed by atoms with van der Waals surface area (Å²) in [6, 6.07) is 1.67. The van der Waals surface area contributed by atoms with Crippen molar-refractivity contribution in [2.45, 2.75) is 53.0 Å². The SMILES string of the molecule is C/C=C(\C=C(/C)F)c1cnc(/C(=C\N)C(=O)Nc2cc(NC(=O)CN3CCCC3(C)C)cnc2C)s1. The molecule has 10 heteroatoms. The number of anilines is 2. The van der Waals surface area contributed by atoms with E-state index in [1.165, 1.54) is 30.5 Å². The minimum Gasteiger partial charge on any atom is -0.404 e. The number of nitrogens with two attached hydrogens (primary N) is 1. The first-order valence-electron chi connectivity index (χ1n) is 11.8. The average molecular weight is 513 g/mol. The molecule has 4 N–H and O–H groups in total. The number of pyridine rings is 1. The normalized spacial score (nSPS) is 16.8. The summed E-state index contributed by atoms with van der Waals surface area (Å²) in [5.41, 5.74) is 8.12. The fourth-order valence-corrected chi connectivity index (χ4v) is 5.02. The molecule has 1 aliphatic rings. The highest BCUT2D eigenvalue weighted by atomic mass is 32.1. The molecule has 3 rings (SSSR count). The molecule has 3 heterocycles. The molecule has 2 aromatic rings. The zero-order valence-electron chi connectivity index (χ0n) is 21.3. The Morgan fingerprint density at radius 1 is 1.28 bits per heavy atom. The van der Waals surface area contributed by atoms with Crippen LogP contribution < -0.4 is 16.4 Å². The van der Waals surface area contributed by atoms with Gasteiger partial charge in [0.05, 0.1) is 46.1 Å². The summed E-state index contributed by atoms with van der Waals surface area (Å²) in [6.45, 7) is 10.4. The van der Waals surface area contributed by atoms with Gasteiger partial charge in [-0.1, -0.05) is 6.08 Å². The van der Waals surface area contributed by atoms with E-state index in [1.807, 2.05) is 0 Å². The number of likely N-dealkylation sites (tertiary alicyclic amines) is 1. The van der Waals surface area contributed by atoms with E-state index in [-0.39, 0.29) is 22.8 Å². The zero-order chi connectivity index (χ0) is 26.5. The van der Waals surface area contributed by atoms with Crippen LogP contribution in [0.25, 0.3) is 11.1 Å². The van der Waals surface area contributed by atoms with Gasteiger partial charge in [0.1, 0.15) is 5.01 Å². The van der Waals surface area contributed by atoms with Gasteiger partial charge in [-0.15, -0.1) is 11.3 Å². The highest BCUT2D eigenvalue weighted by molar-refractivity contribution is 7.14.